The van der Waals surface area contributed by atoms with Crippen molar-refractivity contribution in [2.75, 3.05) is 26.8 Å². The van der Waals surface area contributed by atoms with Gasteiger partial charge in [0.25, 0.3) is 0 Å². The van der Waals surface area contributed by atoms with Gasteiger partial charge in [-0.1, -0.05) is 35.5 Å². The maximum atomic E-state index is 13.3. The SMILES string of the molecule is CCOC(=O)c1cc(-c2ccc(OC)c(S(=O)(=O)NC3CCN(Cc4ccccc4)CC3)c2)on1. The molecule has 0 unspecified atom stereocenters. The van der Waals surface area contributed by atoms with Crippen LogP contribution in [-0.2, 0) is 21.3 Å². The summed E-state index contributed by atoms with van der Waals surface area (Å²) < 4.78 is 45.0. The molecule has 1 saturated heterocycles. The van der Waals surface area contributed by atoms with E-state index in [0.29, 0.717) is 18.4 Å². The summed E-state index contributed by atoms with van der Waals surface area (Å²) in [4.78, 5) is 14.2. The van der Waals surface area contributed by atoms with Gasteiger partial charge in [-0.15, -0.1) is 0 Å². The van der Waals surface area contributed by atoms with Crippen LogP contribution < -0.4 is 9.46 Å². The molecule has 0 radical (unpaired) electrons. The van der Waals surface area contributed by atoms with Crippen molar-refractivity contribution < 1.29 is 27.2 Å². The first-order chi connectivity index (χ1) is 16.9. The third kappa shape index (κ3) is 6.08. The van der Waals surface area contributed by atoms with E-state index in [1.165, 1.54) is 24.8 Å². The predicted molar refractivity (Wildman–Crippen MR) is 130 cm³/mol. The van der Waals surface area contributed by atoms with Crippen LogP contribution in [0, 0.1) is 0 Å². The minimum absolute atomic E-state index is 0.00157. The average Bonchev–Trinajstić information content (AvgIpc) is 3.36. The van der Waals surface area contributed by atoms with Crippen molar-refractivity contribution in [2.45, 2.75) is 37.2 Å². The number of nitrogens with zero attached hydrogens (tertiary/aromatic N) is 2. The number of hydrogen-bond donors (Lipinski definition) is 1. The third-order valence-corrected chi connectivity index (χ3v) is 7.43. The Morgan fingerprint density at radius 3 is 2.57 bits per heavy atom. The van der Waals surface area contributed by atoms with Gasteiger partial charge in [0.15, 0.2) is 11.5 Å². The van der Waals surface area contributed by atoms with Gasteiger partial charge in [0.05, 0.1) is 13.7 Å². The molecule has 9 nitrogen and oxygen atoms in total. The summed E-state index contributed by atoms with van der Waals surface area (Å²) in [6, 6.07) is 16.1. The molecule has 1 N–H and O–H groups in total. The lowest BCUT2D eigenvalue weighted by Gasteiger charge is -2.32. The predicted octanol–water partition coefficient (Wildman–Crippen LogP) is 3.47. The van der Waals surface area contributed by atoms with Gasteiger partial charge in [-0.25, -0.2) is 17.9 Å². The Labute approximate surface area is 205 Å². The molecule has 2 heterocycles. The zero-order chi connectivity index (χ0) is 24.8. The van der Waals surface area contributed by atoms with Crippen molar-refractivity contribution >= 4 is 16.0 Å². The Kier molecular flexibility index (Phi) is 7.84. The van der Waals surface area contributed by atoms with Gasteiger partial charge in [-0.2, -0.15) is 0 Å². The number of sulfonamides is 1. The van der Waals surface area contributed by atoms with Crippen molar-refractivity contribution in [3.05, 3.63) is 65.9 Å². The standard InChI is InChI=1S/C25H29N3O6S/c1-3-33-25(29)21-16-23(34-26-21)19-9-10-22(32-2)24(15-19)35(30,31)27-20-11-13-28(14-12-20)17-18-7-5-4-6-8-18/h4-10,15-16,20,27H,3,11-14,17H2,1-2H3. The quantitative estimate of drug-likeness (QED) is 0.446. The van der Waals surface area contributed by atoms with E-state index in [-0.39, 0.29) is 34.7 Å². The fourth-order valence-corrected chi connectivity index (χ4v) is 5.59. The van der Waals surface area contributed by atoms with E-state index >= 15 is 0 Å². The maximum Gasteiger partial charge on any atom is 0.360 e. The number of piperidine rings is 1. The average molecular weight is 500 g/mol. The number of carbonyl (C=O) groups excluding carboxylic acids is 1. The molecule has 35 heavy (non-hydrogen) atoms. The number of benzene rings is 2. The second-order valence-corrected chi connectivity index (χ2v) is 10.0. The first-order valence-corrected chi connectivity index (χ1v) is 13.0. The molecule has 0 atom stereocenters. The van der Waals surface area contributed by atoms with Crippen molar-refractivity contribution in [1.29, 1.82) is 0 Å². The molecule has 1 aromatic heterocycles. The van der Waals surface area contributed by atoms with Crippen molar-refractivity contribution in [1.82, 2.24) is 14.8 Å². The lowest BCUT2D eigenvalue weighted by atomic mass is 10.1. The van der Waals surface area contributed by atoms with Gasteiger partial charge in [-0.05, 0) is 43.5 Å². The van der Waals surface area contributed by atoms with Crippen LogP contribution in [0.15, 0.2) is 64.0 Å². The van der Waals surface area contributed by atoms with Gasteiger partial charge in [0.1, 0.15) is 10.6 Å². The maximum absolute atomic E-state index is 13.3. The highest BCUT2D eigenvalue weighted by Gasteiger charge is 2.28. The Morgan fingerprint density at radius 2 is 1.89 bits per heavy atom. The molecule has 1 aliphatic heterocycles. The number of nitrogens with one attached hydrogen (secondary N) is 1. The van der Waals surface area contributed by atoms with Gasteiger partial charge in [0.2, 0.25) is 10.0 Å². The van der Waals surface area contributed by atoms with Crippen LogP contribution in [0.5, 0.6) is 5.75 Å². The van der Waals surface area contributed by atoms with Crippen LogP contribution in [0.3, 0.4) is 0 Å². The smallest absolute Gasteiger partial charge is 0.360 e. The number of rotatable bonds is 9. The zero-order valence-electron chi connectivity index (χ0n) is 19.8. The third-order valence-electron chi connectivity index (χ3n) is 5.89. The summed E-state index contributed by atoms with van der Waals surface area (Å²) in [6.45, 7) is 4.35. The van der Waals surface area contributed by atoms with Gasteiger partial charge < -0.3 is 14.0 Å². The van der Waals surface area contributed by atoms with Crippen LogP contribution in [-0.4, -0.2) is 57.3 Å². The Bertz CT molecular complexity index is 1250. The molecule has 1 fully saturated rings. The van der Waals surface area contributed by atoms with E-state index in [0.717, 1.165) is 19.6 Å². The highest BCUT2D eigenvalue weighted by Crippen LogP contribution is 2.31. The van der Waals surface area contributed by atoms with E-state index in [1.54, 1.807) is 19.1 Å². The highest BCUT2D eigenvalue weighted by molar-refractivity contribution is 7.89. The molecule has 2 aromatic carbocycles. The molecule has 1 aliphatic rings. The Morgan fingerprint density at radius 1 is 1.14 bits per heavy atom. The number of esters is 1. The summed E-state index contributed by atoms with van der Waals surface area (Å²) in [5, 5.41) is 3.73. The van der Waals surface area contributed by atoms with Crippen LogP contribution in [0.4, 0.5) is 0 Å². The van der Waals surface area contributed by atoms with Crippen LogP contribution in [0.25, 0.3) is 11.3 Å². The van der Waals surface area contributed by atoms with E-state index in [1.807, 2.05) is 18.2 Å². The molecule has 3 aromatic rings. The van der Waals surface area contributed by atoms with Gasteiger partial charge >= 0.3 is 5.97 Å². The van der Waals surface area contributed by atoms with Crippen molar-refractivity contribution in [2.24, 2.45) is 0 Å². The van der Waals surface area contributed by atoms with Gasteiger partial charge in [0, 0.05) is 37.3 Å². The molecular formula is C25H29N3O6S. The molecule has 4 rings (SSSR count). The van der Waals surface area contributed by atoms with Gasteiger partial charge in [-0.3, -0.25) is 4.90 Å². The van der Waals surface area contributed by atoms with Crippen LogP contribution in [0.2, 0.25) is 0 Å². The minimum Gasteiger partial charge on any atom is -0.495 e. The summed E-state index contributed by atoms with van der Waals surface area (Å²) in [7, 11) is -2.45. The zero-order valence-corrected chi connectivity index (χ0v) is 20.6. The molecule has 0 saturated carbocycles. The molecule has 186 valence electrons. The largest absolute Gasteiger partial charge is 0.495 e. The Hall–Kier alpha value is -3.21. The van der Waals surface area contributed by atoms with E-state index in [4.69, 9.17) is 14.0 Å². The number of ether oxygens (including phenoxy) is 2. The summed E-state index contributed by atoms with van der Waals surface area (Å²) in [6.07, 6.45) is 1.41. The second-order valence-electron chi connectivity index (χ2n) is 8.32. The number of methoxy groups -OCH3 is 1. The first kappa shape index (κ1) is 24.9. The van der Waals surface area contributed by atoms with Crippen molar-refractivity contribution in [3.63, 3.8) is 0 Å². The number of likely N-dealkylation sites (tertiary alicyclic amines) is 1. The fraction of sp³-hybridized carbons (Fsp3) is 0.360. The molecule has 0 aliphatic carbocycles. The lowest BCUT2D eigenvalue weighted by molar-refractivity contribution is 0.0514. The first-order valence-electron chi connectivity index (χ1n) is 11.5. The minimum atomic E-state index is -3.87. The second kappa shape index (κ2) is 11.0. The van der Waals surface area contributed by atoms with Crippen LogP contribution in [0.1, 0.15) is 35.8 Å². The van der Waals surface area contributed by atoms with Crippen molar-refractivity contribution in [3.8, 4) is 17.1 Å². The molecular weight excluding hydrogens is 470 g/mol. The summed E-state index contributed by atoms with van der Waals surface area (Å²) in [5.41, 5.74) is 1.71. The lowest BCUT2D eigenvalue weighted by Crippen LogP contribution is -2.44. The van der Waals surface area contributed by atoms with E-state index in [9.17, 15) is 13.2 Å². The summed E-state index contributed by atoms with van der Waals surface area (Å²) in [5.74, 6) is -0.140. The van der Waals surface area contributed by atoms with Crippen LogP contribution >= 0.6 is 0 Å². The number of carbonyl (C=O) groups is 1. The molecule has 0 amide bonds. The molecule has 0 spiro atoms. The molecule has 10 heteroatoms. The van der Waals surface area contributed by atoms with E-state index in [2.05, 4.69) is 26.9 Å². The monoisotopic (exact) mass is 499 g/mol. The summed E-state index contributed by atoms with van der Waals surface area (Å²) >= 11 is 0. The fourth-order valence-electron chi connectivity index (χ4n) is 4.09. The highest BCUT2D eigenvalue weighted by atomic mass is 32.2. The van der Waals surface area contributed by atoms with E-state index < -0.39 is 16.0 Å². The number of hydrogen-bond acceptors (Lipinski definition) is 8. The molecule has 0 bridgehead atoms. The normalized spacial score (nSPS) is 15.1. The Balaban J connectivity index is 1.46. The number of aromatic nitrogens is 1. The topological polar surface area (TPSA) is 111 Å².